The Morgan fingerprint density at radius 2 is 1.73 bits per heavy atom. The summed E-state index contributed by atoms with van der Waals surface area (Å²) in [6.45, 7) is 0. The SMILES string of the molecule is COc1ccc(C(=O)CSc2nc3ccccc3c(=O)n2-c2ccc(Cl)cc2)cc1. The number of hydrogen-bond donors (Lipinski definition) is 0. The third-order valence-corrected chi connectivity index (χ3v) is 5.76. The Morgan fingerprint density at radius 3 is 2.43 bits per heavy atom. The van der Waals surface area contributed by atoms with Crippen LogP contribution in [0, 0.1) is 0 Å². The van der Waals surface area contributed by atoms with Gasteiger partial charge in [-0.1, -0.05) is 35.5 Å². The van der Waals surface area contributed by atoms with Crippen LogP contribution in [0.2, 0.25) is 5.02 Å². The van der Waals surface area contributed by atoms with Crippen molar-refractivity contribution < 1.29 is 9.53 Å². The van der Waals surface area contributed by atoms with Crippen molar-refractivity contribution in [1.82, 2.24) is 9.55 Å². The number of halogens is 1. The van der Waals surface area contributed by atoms with Gasteiger partial charge in [-0.2, -0.15) is 0 Å². The van der Waals surface area contributed by atoms with Crippen molar-refractivity contribution in [3.05, 3.63) is 93.7 Å². The second kappa shape index (κ2) is 8.73. The minimum atomic E-state index is -0.192. The number of Topliss-reactive ketones (excluding diaryl/α,β-unsaturated/α-hetero) is 1. The molecule has 7 heteroatoms. The number of methoxy groups -OCH3 is 1. The van der Waals surface area contributed by atoms with E-state index >= 15 is 0 Å². The van der Waals surface area contributed by atoms with E-state index in [1.165, 1.54) is 16.3 Å². The fourth-order valence-corrected chi connectivity index (χ4v) is 4.05. The summed E-state index contributed by atoms with van der Waals surface area (Å²) in [5.74, 6) is 0.768. The van der Waals surface area contributed by atoms with E-state index in [1.54, 1.807) is 73.8 Å². The molecule has 0 bridgehead atoms. The standard InChI is InChI=1S/C23H17ClN2O3S/c1-29-18-12-6-15(7-13-18)21(27)14-30-23-25-20-5-3-2-4-19(20)22(28)26(23)17-10-8-16(24)9-11-17/h2-13H,14H2,1H3. The fourth-order valence-electron chi connectivity index (χ4n) is 3.02. The first-order chi connectivity index (χ1) is 14.6. The molecule has 0 amide bonds. The lowest BCUT2D eigenvalue weighted by Crippen LogP contribution is -2.22. The number of fused-ring (bicyclic) bond motifs is 1. The predicted molar refractivity (Wildman–Crippen MR) is 120 cm³/mol. The lowest BCUT2D eigenvalue weighted by molar-refractivity contribution is 0.102. The molecule has 0 saturated carbocycles. The average Bonchev–Trinajstić information content (AvgIpc) is 2.78. The van der Waals surface area contributed by atoms with E-state index in [2.05, 4.69) is 4.98 Å². The highest BCUT2D eigenvalue weighted by atomic mass is 35.5. The third kappa shape index (κ3) is 4.10. The molecule has 0 spiro atoms. The second-order valence-corrected chi connectivity index (χ2v) is 7.85. The molecule has 150 valence electrons. The molecule has 0 saturated heterocycles. The quantitative estimate of drug-likeness (QED) is 0.241. The van der Waals surface area contributed by atoms with Gasteiger partial charge in [0.25, 0.3) is 5.56 Å². The summed E-state index contributed by atoms with van der Waals surface area (Å²) < 4.78 is 6.65. The van der Waals surface area contributed by atoms with Crippen LogP contribution >= 0.6 is 23.4 Å². The first-order valence-electron chi connectivity index (χ1n) is 9.14. The van der Waals surface area contributed by atoms with Crippen LogP contribution in [0.25, 0.3) is 16.6 Å². The topological polar surface area (TPSA) is 61.2 Å². The molecule has 1 aromatic heterocycles. The van der Waals surface area contributed by atoms with Crippen molar-refractivity contribution in [2.24, 2.45) is 0 Å². The zero-order valence-corrected chi connectivity index (χ0v) is 17.6. The molecule has 0 aliphatic rings. The van der Waals surface area contributed by atoms with Crippen molar-refractivity contribution in [1.29, 1.82) is 0 Å². The lowest BCUT2D eigenvalue weighted by Gasteiger charge is -2.13. The molecule has 4 rings (SSSR count). The fraction of sp³-hybridized carbons (Fsp3) is 0.0870. The highest BCUT2D eigenvalue weighted by molar-refractivity contribution is 7.99. The van der Waals surface area contributed by atoms with Gasteiger partial charge in [0, 0.05) is 10.6 Å². The number of carbonyl (C=O) groups excluding carboxylic acids is 1. The zero-order valence-electron chi connectivity index (χ0n) is 16.0. The molecule has 0 atom stereocenters. The molecule has 0 aliphatic carbocycles. The number of rotatable bonds is 6. The van der Waals surface area contributed by atoms with Crippen LogP contribution in [-0.2, 0) is 0 Å². The summed E-state index contributed by atoms with van der Waals surface area (Å²) >= 11 is 7.23. The van der Waals surface area contributed by atoms with Gasteiger partial charge in [0.15, 0.2) is 10.9 Å². The highest BCUT2D eigenvalue weighted by Gasteiger charge is 2.15. The smallest absolute Gasteiger partial charge is 0.266 e. The van der Waals surface area contributed by atoms with E-state index in [4.69, 9.17) is 16.3 Å². The van der Waals surface area contributed by atoms with Crippen LogP contribution < -0.4 is 10.3 Å². The maximum atomic E-state index is 13.2. The normalized spacial score (nSPS) is 10.9. The number of nitrogens with zero attached hydrogens (tertiary/aromatic N) is 2. The summed E-state index contributed by atoms with van der Waals surface area (Å²) in [7, 11) is 1.58. The number of aromatic nitrogens is 2. The highest BCUT2D eigenvalue weighted by Crippen LogP contribution is 2.23. The van der Waals surface area contributed by atoms with Crippen LogP contribution in [0.3, 0.4) is 0 Å². The number of benzene rings is 3. The van der Waals surface area contributed by atoms with Gasteiger partial charge in [0.2, 0.25) is 0 Å². The summed E-state index contributed by atoms with van der Waals surface area (Å²) in [5, 5.41) is 1.53. The van der Waals surface area contributed by atoms with Crippen LogP contribution in [-0.4, -0.2) is 28.2 Å². The van der Waals surface area contributed by atoms with Gasteiger partial charge in [-0.15, -0.1) is 0 Å². The Kier molecular flexibility index (Phi) is 5.88. The first-order valence-corrected chi connectivity index (χ1v) is 10.5. The molecule has 4 aromatic rings. The van der Waals surface area contributed by atoms with E-state index in [9.17, 15) is 9.59 Å². The Hall–Kier alpha value is -3.09. The van der Waals surface area contributed by atoms with Gasteiger partial charge >= 0.3 is 0 Å². The van der Waals surface area contributed by atoms with Crippen molar-refractivity contribution in [3.8, 4) is 11.4 Å². The van der Waals surface area contributed by atoms with E-state index < -0.39 is 0 Å². The molecule has 0 N–H and O–H groups in total. The van der Waals surface area contributed by atoms with Gasteiger partial charge in [0.05, 0.1) is 29.5 Å². The van der Waals surface area contributed by atoms with Crippen molar-refractivity contribution in [2.45, 2.75) is 5.16 Å². The van der Waals surface area contributed by atoms with Crippen LogP contribution in [0.15, 0.2) is 82.7 Å². The monoisotopic (exact) mass is 436 g/mol. The van der Waals surface area contributed by atoms with Gasteiger partial charge in [-0.25, -0.2) is 4.98 Å². The minimum absolute atomic E-state index is 0.0623. The summed E-state index contributed by atoms with van der Waals surface area (Å²) in [6, 6.07) is 21.1. The Morgan fingerprint density at radius 1 is 1.03 bits per heavy atom. The van der Waals surface area contributed by atoms with E-state index in [-0.39, 0.29) is 17.1 Å². The van der Waals surface area contributed by atoms with Gasteiger partial charge in [0.1, 0.15) is 5.75 Å². The van der Waals surface area contributed by atoms with E-state index in [0.29, 0.717) is 38.1 Å². The number of ketones is 1. The molecule has 5 nitrogen and oxygen atoms in total. The van der Waals surface area contributed by atoms with Crippen LogP contribution in [0.5, 0.6) is 5.75 Å². The Bertz CT molecular complexity index is 1270. The maximum absolute atomic E-state index is 13.2. The zero-order chi connectivity index (χ0) is 21.1. The van der Waals surface area contributed by atoms with E-state index in [0.717, 1.165) is 0 Å². The van der Waals surface area contributed by atoms with Crippen molar-refractivity contribution in [3.63, 3.8) is 0 Å². The maximum Gasteiger partial charge on any atom is 0.266 e. The second-order valence-electron chi connectivity index (χ2n) is 6.47. The average molecular weight is 437 g/mol. The van der Waals surface area contributed by atoms with Gasteiger partial charge in [-0.05, 0) is 60.7 Å². The molecule has 0 unspecified atom stereocenters. The van der Waals surface area contributed by atoms with Gasteiger partial charge < -0.3 is 4.74 Å². The van der Waals surface area contributed by atoms with E-state index in [1.807, 2.05) is 6.07 Å². The Labute approximate surface area is 182 Å². The number of hydrogen-bond acceptors (Lipinski definition) is 5. The van der Waals surface area contributed by atoms with Crippen LogP contribution in [0.4, 0.5) is 0 Å². The number of ether oxygens (including phenoxy) is 1. The predicted octanol–water partition coefficient (Wildman–Crippen LogP) is 5.02. The van der Waals surface area contributed by atoms with Crippen LogP contribution in [0.1, 0.15) is 10.4 Å². The molecular weight excluding hydrogens is 420 g/mol. The first kappa shape index (κ1) is 20.2. The third-order valence-electron chi connectivity index (χ3n) is 4.57. The summed E-state index contributed by atoms with van der Waals surface area (Å²) in [5.41, 5.74) is 1.61. The number of para-hydroxylation sites is 1. The molecule has 1 heterocycles. The van der Waals surface area contributed by atoms with Crippen molar-refractivity contribution in [2.75, 3.05) is 12.9 Å². The number of carbonyl (C=O) groups is 1. The minimum Gasteiger partial charge on any atom is -0.497 e. The summed E-state index contributed by atoms with van der Waals surface area (Å²) in [6.07, 6.45) is 0. The van der Waals surface area contributed by atoms with Crippen molar-refractivity contribution >= 4 is 40.0 Å². The Balaban J connectivity index is 1.71. The molecule has 30 heavy (non-hydrogen) atoms. The van der Waals surface area contributed by atoms with Gasteiger partial charge in [-0.3, -0.25) is 14.2 Å². The molecular formula is C23H17ClN2O3S. The molecule has 0 radical (unpaired) electrons. The summed E-state index contributed by atoms with van der Waals surface area (Å²) in [4.78, 5) is 30.5. The largest absolute Gasteiger partial charge is 0.497 e. The number of thioether (sulfide) groups is 1. The lowest BCUT2D eigenvalue weighted by atomic mass is 10.1. The molecule has 0 fully saturated rings. The molecule has 0 aliphatic heterocycles. The molecule has 3 aromatic carbocycles.